The number of hydrogen-bond donors (Lipinski definition) is 0. The molecule has 0 bridgehead atoms. The fourth-order valence-electron chi connectivity index (χ4n) is 2.52. The number of carbonyl (C=O) groups excluding carboxylic acids is 2. The van der Waals surface area contributed by atoms with Crippen LogP contribution in [-0.4, -0.2) is 11.6 Å². The zero-order valence-corrected chi connectivity index (χ0v) is 11.9. The zero-order chi connectivity index (χ0) is 13.6. The number of aryl methyl sites for hydroxylation is 1. The molecule has 0 unspecified atom stereocenters. The molecule has 1 aliphatic carbocycles. The van der Waals surface area contributed by atoms with E-state index in [0.29, 0.717) is 11.1 Å². The van der Waals surface area contributed by atoms with E-state index >= 15 is 0 Å². The van der Waals surface area contributed by atoms with Gasteiger partial charge >= 0.3 is 0 Å². The molecule has 0 N–H and O–H groups in total. The third-order valence-corrected chi connectivity index (χ3v) is 4.60. The van der Waals surface area contributed by atoms with E-state index in [4.69, 9.17) is 0 Å². The molecule has 94 valence electrons. The van der Waals surface area contributed by atoms with Crippen LogP contribution in [0.3, 0.4) is 0 Å². The number of Topliss-reactive ketones (excluding diaryl/α,β-unsaturated/α-hetero) is 2. The van der Waals surface area contributed by atoms with Crippen molar-refractivity contribution in [3.63, 3.8) is 0 Å². The summed E-state index contributed by atoms with van der Waals surface area (Å²) >= 11 is 3.49. The highest BCUT2D eigenvalue weighted by atomic mass is 79.9. The Morgan fingerprint density at radius 2 is 1.47 bits per heavy atom. The van der Waals surface area contributed by atoms with E-state index in [1.165, 1.54) is 0 Å². The fourth-order valence-corrected chi connectivity index (χ4v) is 3.01. The Bertz CT molecular complexity index is 669. The Morgan fingerprint density at radius 1 is 0.895 bits per heavy atom. The lowest BCUT2D eigenvalue weighted by atomic mass is 9.93. The van der Waals surface area contributed by atoms with Crippen molar-refractivity contribution < 1.29 is 9.59 Å². The molecule has 0 aliphatic heterocycles. The number of halogens is 1. The molecule has 0 amide bonds. The number of ketones is 2. The average molecular weight is 315 g/mol. The Morgan fingerprint density at radius 3 is 2.05 bits per heavy atom. The molecular formula is C16H11BrO2. The second kappa shape index (κ2) is 4.42. The molecule has 1 aliphatic rings. The summed E-state index contributed by atoms with van der Waals surface area (Å²) in [6, 6.07) is 12.7. The summed E-state index contributed by atoms with van der Waals surface area (Å²) in [5, 5.41) is 0. The first-order valence-electron chi connectivity index (χ1n) is 6.03. The monoisotopic (exact) mass is 314 g/mol. The van der Waals surface area contributed by atoms with Gasteiger partial charge in [-0.3, -0.25) is 9.59 Å². The highest BCUT2D eigenvalue weighted by molar-refractivity contribution is 9.10. The fraction of sp³-hybridized carbons (Fsp3) is 0.125. The van der Waals surface area contributed by atoms with Crippen LogP contribution >= 0.6 is 15.9 Å². The predicted octanol–water partition coefficient (Wildman–Crippen LogP) is 3.92. The van der Waals surface area contributed by atoms with E-state index in [-0.39, 0.29) is 11.6 Å². The average Bonchev–Trinajstić information content (AvgIpc) is 2.67. The Balaban J connectivity index is 2.17. The van der Waals surface area contributed by atoms with Crippen molar-refractivity contribution in [1.82, 2.24) is 0 Å². The van der Waals surface area contributed by atoms with Gasteiger partial charge in [-0.05, 0) is 18.1 Å². The highest BCUT2D eigenvalue weighted by Gasteiger charge is 2.40. The van der Waals surface area contributed by atoms with Gasteiger partial charge in [0.2, 0.25) is 0 Å². The second-order valence-corrected chi connectivity index (χ2v) is 5.48. The van der Waals surface area contributed by atoms with Crippen LogP contribution in [0.15, 0.2) is 46.9 Å². The summed E-state index contributed by atoms with van der Waals surface area (Å²) in [5.74, 6) is -0.912. The molecule has 19 heavy (non-hydrogen) atoms. The molecule has 2 aromatic carbocycles. The van der Waals surface area contributed by atoms with Crippen molar-refractivity contribution in [1.29, 1.82) is 0 Å². The zero-order valence-electron chi connectivity index (χ0n) is 10.3. The quantitative estimate of drug-likeness (QED) is 0.748. The lowest BCUT2D eigenvalue weighted by molar-refractivity contribution is 0.0890. The molecule has 3 heteroatoms. The minimum atomic E-state index is -0.702. The lowest BCUT2D eigenvalue weighted by Gasteiger charge is -2.11. The summed E-state index contributed by atoms with van der Waals surface area (Å²) in [6.07, 6.45) is 0. The molecule has 3 rings (SSSR count). The van der Waals surface area contributed by atoms with E-state index in [1.54, 1.807) is 24.3 Å². The van der Waals surface area contributed by atoms with Gasteiger partial charge in [0.15, 0.2) is 11.6 Å². The summed E-state index contributed by atoms with van der Waals surface area (Å²) in [4.78, 5) is 24.9. The maximum atomic E-state index is 12.4. The lowest BCUT2D eigenvalue weighted by Crippen LogP contribution is -2.13. The first kappa shape index (κ1) is 12.3. The summed E-state index contributed by atoms with van der Waals surface area (Å²) in [5.41, 5.74) is 2.84. The number of hydrogen-bond acceptors (Lipinski definition) is 2. The van der Waals surface area contributed by atoms with Gasteiger partial charge in [-0.15, -0.1) is 0 Å². The molecular weight excluding hydrogens is 304 g/mol. The standard InChI is InChI=1S/C16H11BrO2/c1-9-5-4-8-12(14(9)17)13-15(18)10-6-2-3-7-11(10)16(13)19/h2-8,13H,1H3. The first-order valence-corrected chi connectivity index (χ1v) is 6.83. The minimum Gasteiger partial charge on any atom is -0.293 e. The van der Waals surface area contributed by atoms with E-state index < -0.39 is 5.92 Å². The van der Waals surface area contributed by atoms with E-state index in [1.807, 2.05) is 25.1 Å². The van der Waals surface area contributed by atoms with Gasteiger partial charge in [-0.2, -0.15) is 0 Å². The summed E-state index contributed by atoms with van der Waals surface area (Å²) < 4.78 is 0.842. The van der Waals surface area contributed by atoms with Crippen LogP contribution in [0.2, 0.25) is 0 Å². The molecule has 0 aromatic heterocycles. The smallest absolute Gasteiger partial charge is 0.178 e. The predicted molar refractivity (Wildman–Crippen MR) is 76.7 cm³/mol. The molecule has 2 nitrogen and oxygen atoms in total. The highest BCUT2D eigenvalue weighted by Crippen LogP contribution is 2.37. The van der Waals surface area contributed by atoms with Crippen LogP contribution in [0.1, 0.15) is 37.8 Å². The third-order valence-electron chi connectivity index (χ3n) is 3.52. The van der Waals surface area contributed by atoms with Crippen LogP contribution in [-0.2, 0) is 0 Å². The third kappa shape index (κ3) is 1.77. The van der Waals surface area contributed by atoms with Crippen molar-refractivity contribution in [3.05, 3.63) is 69.2 Å². The normalized spacial score (nSPS) is 14.8. The van der Waals surface area contributed by atoms with Crippen LogP contribution in [0.5, 0.6) is 0 Å². The maximum absolute atomic E-state index is 12.4. The molecule has 2 aromatic rings. The largest absolute Gasteiger partial charge is 0.293 e. The van der Waals surface area contributed by atoms with Crippen LogP contribution in [0.25, 0.3) is 0 Å². The molecule has 0 saturated heterocycles. The number of fused-ring (bicyclic) bond motifs is 1. The summed E-state index contributed by atoms with van der Waals surface area (Å²) in [6.45, 7) is 1.95. The number of benzene rings is 2. The van der Waals surface area contributed by atoms with Crippen molar-refractivity contribution >= 4 is 27.5 Å². The van der Waals surface area contributed by atoms with Gasteiger partial charge in [0.05, 0.1) is 0 Å². The maximum Gasteiger partial charge on any atom is 0.178 e. The first-order chi connectivity index (χ1) is 9.11. The van der Waals surface area contributed by atoms with E-state index in [0.717, 1.165) is 15.6 Å². The van der Waals surface area contributed by atoms with Crippen LogP contribution in [0, 0.1) is 6.92 Å². The van der Waals surface area contributed by atoms with Gasteiger partial charge in [0.25, 0.3) is 0 Å². The number of carbonyl (C=O) groups is 2. The topological polar surface area (TPSA) is 34.1 Å². The number of rotatable bonds is 1. The van der Waals surface area contributed by atoms with Crippen molar-refractivity contribution in [2.75, 3.05) is 0 Å². The van der Waals surface area contributed by atoms with Crippen molar-refractivity contribution in [3.8, 4) is 0 Å². The molecule has 0 heterocycles. The summed E-state index contributed by atoms with van der Waals surface area (Å²) in [7, 11) is 0. The minimum absolute atomic E-state index is 0.105. The molecule has 0 spiro atoms. The van der Waals surface area contributed by atoms with Crippen LogP contribution < -0.4 is 0 Å². The van der Waals surface area contributed by atoms with Gasteiger partial charge in [0, 0.05) is 15.6 Å². The molecule has 0 radical (unpaired) electrons. The van der Waals surface area contributed by atoms with Gasteiger partial charge in [-0.1, -0.05) is 58.4 Å². The second-order valence-electron chi connectivity index (χ2n) is 4.69. The Hall–Kier alpha value is -1.74. The Labute approximate surface area is 119 Å². The van der Waals surface area contributed by atoms with Crippen molar-refractivity contribution in [2.45, 2.75) is 12.8 Å². The van der Waals surface area contributed by atoms with Crippen LogP contribution in [0.4, 0.5) is 0 Å². The van der Waals surface area contributed by atoms with Gasteiger partial charge < -0.3 is 0 Å². The van der Waals surface area contributed by atoms with Gasteiger partial charge in [0.1, 0.15) is 5.92 Å². The van der Waals surface area contributed by atoms with E-state index in [2.05, 4.69) is 15.9 Å². The Kier molecular flexibility index (Phi) is 2.86. The molecule has 0 fully saturated rings. The molecule has 0 saturated carbocycles. The molecule has 0 atom stereocenters. The van der Waals surface area contributed by atoms with Crippen molar-refractivity contribution in [2.24, 2.45) is 0 Å². The van der Waals surface area contributed by atoms with Gasteiger partial charge in [-0.25, -0.2) is 0 Å². The van der Waals surface area contributed by atoms with E-state index in [9.17, 15) is 9.59 Å². The SMILES string of the molecule is Cc1cccc(C2C(=O)c3ccccc3C2=O)c1Br.